The van der Waals surface area contributed by atoms with Crippen LogP contribution in [0.4, 0.5) is 5.69 Å². The van der Waals surface area contributed by atoms with E-state index in [1.165, 1.54) is 47.5 Å². The van der Waals surface area contributed by atoms with E-state index in [0.717, 1.165) is 19.3 Å². The molecule has 0 spiro atoms. The van der Waals surface area contributed by atoms with Gasteiger partial charge in [0.1, 0.15) is 6.54 Å². The third-order valence-electron chi connectivity index (χ3n) is 4.49. The fraction of sp³-hybridized carbons (Fsp3) is 0.389. The third kappa shape index (κ3) is 4.14. The Labute approximate surface area is 149 Å². The molecule has 0 saturated heterocycles. The first-order chi connectivity index (χ1) is 12.5. The van der Waals surface area contributed by atoms with E-state index >= 15 is 0 Å². The number of amides is 1. The number of nitrogens with one attached hydrogen (secondary N) is 1. The summed E-state index contributed by atoms with van der Waals surface area (Å²) in [4.78, 5) is 38.8. The minimum atomic E-state index is -0.540. The van der Waals surface area contributed by atoms with Crippen molar-refractivity contribution in [1.29, 1.82) is 0 Å². The number of carbonyl (C=O) groups is 1. The second-order valence-electron chi connectivity index (χ2n) is 6.34. The highest BCUT2D eigenvalue weighted by Crippen LogP contribution is 2.19. The number of nitro groups is 1. The molecule has 8 heteroatoms. The lowest BCUT2D eigenvalue weighted by Gasteiger charge is -2.13. The second kappa shape index (κ2) is 7.90. The molecule has 136 valence electrons. The van der Waals surface area contributed by atoms with Gasteiger partial charge in [-0.2, -0.15) is 0 Å². The number of carbonyl (C=O) groups excluding carboxylic acids is 1. The van der Waals surface area contributed by atoms with Gasteiger partial charge in [-0.15, -0.1) is 0 Å². The normalized spacial score (nSPS) is 14.1. The largest absolute Gasteiger partial charge is 0.354 e. The molecule has 0 atom stereocenters. The molecule has 0 saturated carbocycles. The van der Waals surface area contributed by atoms with Crippen molar-refractivity contribution in [2.45, 2.75) is 38.6 Å². The highest BCUT2D eigenvalue weighted by atomic mass is 16.6. The van der Waals surface area contributed by atoms with Crippen LogP contribution in [0.5, 0.6) is 0 Å². The van der Waals surface area contributed by atoms with Crippen molar-refractivity contribution < 1.29 is 9.72 Å². The van der Waals surface area contributed by atoms with Gasteiger partial charge in [0.15, 0.2) is 0 Å². The van der Waals surface area contributed by atoms with Crippen LogP contribution in [-0.2, 0) is 11.3 Å². The number of benzene rings is 1. The Kier molecular flexibility index (Phi) is 5.40. The van der Waals surface area contributed by atoms with Crippen molar-refractivity contribution in [2.75, 3.05) is 6.54 Å². The quantitative estimate of drug-likeness (QED) is 0.485. The van der Waals surface area contributed by atoms with E-state index in [9.17, 15) is 19.7 Å². The molecule has 1 aliphatic rings. The number of aromatic nitrogens is 2. The zero-order chi connectivity index (χ0) is 18.5. The predicted molar refractivity (Wildman–Crippen MR) is 96.8 cm³/mol. The summed E-state index contributed by atoms with van der Waals surface area (Å²) >= 11 is 0. The minimum Gasteiger partial charge on any atom is -0.354 e. The number of hydrogen-bond donors (Lipinski definition) is 1. The summed E-state index contributed by atoms with van der Waals surface area (Å²) < 4.78 is 1.21. The van der Waals surface area contributed by atoms with Crippen molar-refractivity contribution in [2.24, 2.45) is 0 Å². The summed E-state index contributed by atoms with van der Waals surface area (Å²) in [5.41, 5.74) is 1.10. The van der Waals surface area contributed by atoms with E-state index in [1.54, 1.807) is 0 Å². The zero-order valence-corrected chi connectivity index (χ0v) is 14.3. The maximum atomic E-state index is 12.4. The molecular weight excluding hydrogens is 336 g/mol. The topological polar surface area (TPSA) is 107 Å². The average molecular weight is 356 g/mol. The lowest BCUT2D eigenvalue weighted by molar-refractivity contribution is -0.384. The monoisotopic (exact) mass is 356 g/mol. The SMILES string of the molecule is O=C(Cn1cnc2cc([N+](=O)[O-])ccc2c1=O)NCCC1=CCCCC1. The molecular formula is C18H20N4O4. The number of nitrogens with zero attached hydrogens (tertiary/aromatic N) is 3. The molecule has 1 aliphatic carbocycles. The van der Waals surface area contributed by atoms with Gasteiger partial charge in [0, 0.05) is 18.7 Å². The van der Waals surface area contributed by atoms with Crippen molar-refractivity contribution in [3.63, 3.8) is 0 Å². The molecule has 0 aliphatic heterocycles. The molecule has 0 bridgehead atoms. The summed E-state index contributed by atoms with van der Waals surface area (Å²) in [5, 5.41) is 13.9. The summed E-state index contributed by atoms with van der Waals surface area (Å²) in [6.07, 6.45) is 8.97. The van der Waals surface area contributed by atoms with Crippen LogP contribution >= 0.6 is 0 Å². The van der Waals surface area contributed by atoms with Crippen LogP contribution in [0.3, 0.4) is 0 Å². The lowest BCUT2D eigenvalue weighted by atomic mass is 9.97. The van der Waals surface area contributed by atoms with Crippen LogP contribution in [0, 0.1) is 10.1 Å². The molecule has 1 amide bonds. The van der Waals surface area contributed by atoms with Crippen LogP contribution in [0.15, 0.2) is 41.0 Å². The van der Waals surface area contributed by atoms with E-state index in [2.05, 4.69) is 16.4 Å². The average Bonchev–Trinajstić information content (AvgIpc) is 2.64. The van der Waals surface area contributed by atoms with Crippen molar-refractivity contribution in [3.8, 4) is 0 Å². The standard InChI is InChI=1S/C18H20N4O4/c23-17(19-9-8-13-4-2-1-3-5-13)11-21-12-20-16-10-14(22(25)26)6-7-15(16)18(21)24/h4,6-7,10,12H,1-3,5,8-9,11H2,(H,19,23). The molecule has 8 nitrogen and oxygen atoms in total. The van der Waals surface area contributed by atoms with E-state index in [4.69, 9.17) is 0 Å². The van der Waals surface area contributed by atoms with Crippen molar-refractivity contribution >= 4 is 22.5 Å². The lowest BCUT2D eigenvalue weighted by Crippen LogP contribution is -2.33. The van der Waals surface area contributed by atoms with E-state index in [-0.39, 0.29) is 29.0 Å². The maximum absolute atomic E-state index is 12.4. The minimum absolute atomic E-state index is 0.127. The molecule has 26 heavy (non-hydrogen) atoms. The Morgan fingerprint density at radius 2 is 2.19 bits per heavy atom. The second-order valence-corrected chi connectivity index (χ2v) is 6.34. The predicted octanol–water partition coefficient (Wildman–Crippen LogP) is 2.31. The Balaban J connectivity index is 1.64. The number of rotatable bonds is 6. The van der Waals surface area contributed by atoms with Gasteiger partial charge in [-0.1, -0.05) is 11.6 Å². The Bertz CT molecular complexity index is 932. The Hall–Kier alpha value is -3.03. The molecule has 1 aromatic heterocycles. The number of hydrogen-bond acceptors (Lipinski definition) is 5. The number of non-ortho nitro benzene ring substituents is 1. The van der Waals surface area contributed by atoms with Gasteiger partial charge in [-0.3, -0.25) is 24.3 Å². The fourth-order valence-corrected chi connectivity index (χ4v) is 3.08. The van der Waals surface area contributed by atoms with E-state index < -0.39 is 10.5 Å². The van der Waals surface area contributed by atoms with E-state index in [1.807, 2.05) is 0 Å². The molecule has 0 unspecified atom stereocenters. The maximum Gasteiger partial charge on any atom is 0.271 e. The molecule has 2 aromatic rings. The molecule has 1 heterocycles. The number of allylic oxidation sites excluding steroid dienone is 1. The van der Waals surface area contributed by atoms with Crippen LogP contribution in [0.25, 0.3) is 10.9 Å². The highest BCUT2D eigenvalue weighted by Gasteiger charge is 2.12. The smallest absolute Gasteiger partial charge is 0.271 e. The third-order valence-corrected chi connectivity index (χ3v) is 4.49. The van der Waals surface area contributed by atoms with Crippen molar-refractivity contribution in [3.05, 3.63) is 56.6 Å². The number of nitro benzene ring substituents is 1. The van der Waals surface area contributed by atoms with Gasteiger partial charge in [0.05, 0.1) is 22.2 Å². The van der Waals surface area contributed by atoms with E-state index in [0.29, 0.717) is 6.54 Å². The summed E-state index contributed by atoms with van der Waals surface area (Å²) in [6.45, 7) is 0.421. The summed E-state index contributed by atoms with van der Waals surface area (Å²) in [7, 11) is 0. The molecule has 1 aromatic carbocycles. The highest BCUT2D eigenvalue weighted by molar-refractivity contribution is 5.80. The first-order valence-corrected chi connectivity index (χ1v) is 8.63. The number of fused-ring (bicyclic) bond motifs is 1. The summed E-state index contributed by atoms with van der Waals surface area (Å²) in [5.74, 6) is -0.258. The Morgan fingerprint density at radius 1 is 1.35 bits per heavy atom. The van der Waals surface area contributed by atoms with Gasteiger partial charge >= 0.3 is 0 Å². The van der Waals surface area contributed by atoms with Crippen LogP contribution in [0.1, 0.15) is 32.1 Å². The van der Waals surface area contributed by atoms with Gasteiger partial charge in [0.2, 0.25) is 5.91 Å². The molecule has 3 rings (SSSR count). The van der Waals surface area contributed by atoms with Gasteiger partial charge in [-0.05, 0) is 38.2 Å². The van der Waals surface area contributed by atoms with Gasteiger partial charge < -0.3 is 5.32 Å². The fourth-order valence-electron chi connectivity index (χ4n) is 3.08. The first kappa shape index (κ1) is 17.8. The van der Waals surface area contributed by atoms with Gasteiger partial charge in [0.25, 0.3) is 11.2 Å². The van der Waals surface area contributed by atoms with Crippen LogP contribution in [0.2, 0.25) is 0 Å². The molecule has 0 radical (unpaired) electrons. The first-order valence-electron chi connectivity index (χ1n) is 8.63. The van der Waals surface area contributed by atoms with Gasteiger partial charge in [-0.25, -0.2) is 4.98 Å². The summed E-state index contributed by atoms with van der Waals surface area (Å²) in [6, 6.07) is 3.87. The van der Waals surface area contributed by atoms with Crippen molar-refractivity contribution in [1.82, 2.24) is 14.9 Å². The zero-order valence-electron chi connectivity index (χ0n) is 14.3. The van der Waals surface area contributed by atoms with Crippen LogP contribution < -0.4 is 10.9 Å². The molecule has 1 N–H and O–H groups in total. The Morgan fingerprint density at radius 3 is 2.92 bits per heavy atom. The van der Waals surface area contributed by atoms with Crippen LogP contribution in [-0.4, -0.2) is 26.9 Å². The molecule has 0 fully saturated rings.